The number of rotatable bonds is 3. The van der Waals surface area contributed by atoms with Crippen LogP contribution >= 0.6 is 11.8 Å². The minimum Gasteiger partial charge on any atom is -0.388 e. The first-order valence-corrected chi connectivity index (χ1v) is 7.15. The van der Waals surface area contributed by atoms with Gasteiger partial charge < -0.3 is 25.0 Å². The Hall–Kier alpha value is -0.600. The Labute approximate surface area is 116 Å². The van der Waals surface area contributed by atoms with E-state index >= 15 is 0 Å². The molecule has 108 valence electrons. The third-order valence-corrected chi connectivity index (χ3v) is 4.72. The molecule has 0 radical (unpaired) electrons. The molecule has 0 aromatic heterocycles. The molecule has 0 saturated carbocycles. The lowest BCUT2D eigenvalue weighted by Crippen LogP contribution is -2.57. The Balaban J connectivity index is 2.14. The van der Waals surface area contributed by atoms with Crippen molar-refractivity contribution in [3.05, 3.63) is 12.7 Å². The molecule has 0 aliphatic carbocycles. The molecule has 0 spiro atoms. The highest BCUT2D eigenvalue weighted by Crippen LogP contribution is 2.37. The normalized spacial score (nSPS) is 39.4. The molecule has 0 bridgehead atoms. The van der Waals surface area contributed by atoms with Crippen LogP contribution in [0.25, 0.3) is 0 Å². The van der Waals surface area contributed by atoms with Crippen LogP contribution in [0.2, 0.25) is 0 Å². The van der Waals surface area contributed by atoms with Crippen molar-refractivity contribution in [1.29, 1.82) is 0 Å². The van der Waals surface area contributed by atoms with Gasteiger partial charge in [0.25, 0.3) is 0 Å². The van der Waals surface area contributed by atoms with Crippen molar-refractivity contribution in [2.45, 2.75) is 42.8 Å². The summed E-state index contributed by atoms with van der Waals surface area (Å²) in [6.45, 7) is 6.27. The number of aliphatic imine (C=N–C) groups is 1. The van der Waals surface area contributed by atoms with E-state index in [2.05, 4.69) is 11.6 Å². The van der Waals surface area contributed by atoms with Gasteiger partial charge in [0.05, 0.1) is 0 Å². The highest BCUT2D eigenvalue weighted by molar-refractivity contribution is 8.14. The van der Waals surface area contributed by atoms with Crippen molar-refractivity contribution in [2.24, 2.45) is 4.99 Å². The fourth-order valence-electron chi connectivity index (χ4n) is 2.11. The number of fused-ring (bicyclic) bond motifs is 1. The minimum absolute atomic E-state index is 0.387. The van der Waals surface area contributed by atoms with Crippen LogP contribution in [0.5, 0.6) is 0 Å². The Bertz CT molecular complexity index is 379. The number of thioether (sulfide) groups is 1. The third-order valence-electron chi connectivity index (χ3n) is 3.47. The van der Waals surface area contributed by atoms with Crippen molar-refractivity contribution in [3.63, 3.8) is 0 Å². The van der Waals surface area contributed by atoms with Gasteiger partial charge >= 0.3 is 0 Å². The Morgan fingerprint density at radius 2 is 2.21 bits per heavy atom. The second-order valence-electron chi connectivity index (χ2n) is 4.71. The number of nitrogens with zero attached hydrogens (tertiary/aromatic N) is 2. The second-order valence-corrected chi connectivity index (χ2v) is 5.78. The summed E-state index contributed by atoms with van der Waals surface area (Å²) in [5, 5.41) is 30.6. The number of amidine groups is 1. The summed E-state index contributed by atoms with van der Waals surface area (Å²) < 4.78 is 5.66. The number of hydrogen-bond donors (Lipinski definition) is 3. The minimum atomic E-state index is -1.18. The molecule has 2 aliphatic heterocycles. The lowest BCUT2D eigenvalue weighted by molar-refractivity contribution is -0.176. The lowest BCUT2D eigenvalue weighted by Gasteiger charge is -2.39. The standard InChI is InChI=1S/C12H20N2O4S/c1-4-6(15)10-9(17)8(16)7-11(18-10)19-12(13-7)14(3)5-2/h4,6-11,15-17H,1,5H2,2-3H3/t6-,7+,8+,9-,10?,11+/m0/s1. The first kappa shape index (κ1) is 14.8. The van der Waals surface area contributed by atoms with Crippen molar-refractivity contribution in [2.75, 3.05) is 13.6 Å². The molecule has 6 atom stereocenters. The summed E-state index contributed by atoms with van der Waals surface area (Å²) in [6, 6.07) is -0.503. The Morgan fingerprint density at radius 3 is 2.79 bits per heavy atom. The average Bonchev–Trinajstić information content (AvgIpc) is 2.85. The molecule has 6 nitrogen and oxygen atoms in total. The van der Waals surface area contributed by atoms with E-state index in [0.29, 0.717) is 0 Å². The average molecular weight is 288 g/mol. The van der Waals surface area contributed by atoms with Gasteiger partial charge in [-0.1, -0.05) is 17.8 Å². The molecule has 1 saturated heterocycles. The predicted molar refractivity (Wildman–Crippen MR) is 74.0 cm³/mol. The van der Waals surface area contributed by atoms with Crippen LogP contribution in [0.15, 0.2) is 17.6 Å². The first-order chi connectivity index (χ1) is 8.99. The molecule has 2 rings (SSSR count). The van der Waals surface area contributed by atoms with Crippen molar-refractivity contribution >= 4 is 16.9 Å². The molecule has 0 aromatic rings. The Morgan fingerprint density at radius 1 is 1.53 bits per heavy atom. The predicted octanol–water partition coefficient (Wildman–Crippen LogP) is -0.597. The zero-order chi connectivity index (χ0) is 14.2. The molecule has 19 heavy (non-hydrogen) atoms. The molecule has 1 unspecified atom stereocenters. The summed E-state index contributed by atoms with van der Waals surface area (Å²) in [5.41, 5.74) is -0.387. The molecule has 0 amide bonds. The zero-order valence-electron chi connectivity index (χ0n) is 11.0. The van der Waals surface area contributed by atoms with Gasteiger partial charge in [-0.3, -0.25) is 4.99 Å². The second kappa shape index (κ2) is 5.80. The highest BCUT2D eigenvalue weighted by Gasteiger charge is 2.50. The van der Waals surface area contributed by atoms with Crippen LogP contribution in [-0.2, 0) is 4.74 Å². The van der Waals surface area contributed by atoms with Gasteiger partial charge in [0, 0.05) is 13.6 Å². The lowest BCUT2D eigenvalue weighted by atomic mass is 9.95. The number of hydrogen-bond acceptors (Lipinski definition) is 7. The molecular weight excluding hydrogens is 268 g/mol. The van der Waals surface area contributed by atoms with E-state index in [4.69, 9.17) is 4.74 Å². The van der Waals surface area contributed by atoms with E-state index in [1.54, 1.807) is 0 Å². The topological polar surface area (TPSA) is 85.5 Å². The van der Waals surface area contributed by atoms with E-state index in [-0.39, 0.29) is 5.44 Å². The van der Waals surface area contributed by atoms with Crippen LogP contribution < -0.4 is 0 Å². The van der Waals surface area contributed by atoms with Gasteiger partial charge in [0.15, 0.2) is 5.17 Å². The van der Waals surface area contributed by atoms with E-state index < -0.39 is 30.5 Å². The van der Waals surface area contributed by atoms with Gasteiger partial charge in [-0.25, -0.2) is 0 Å². The van der Waals surface area contributed by atoms with Crippen LogP contribution in [-0.4, -0.2) is 74.9 Å². The van der Waals surface area contributed by atoms with Gasteiger partial charge in [-0.2, -0.15) is 0 Å². The summed E-state index contributed by atoms with van der Waals surface area (Å²) in [4.78, 5) is 6.34. The van der Waals surface area contributed by atoms with E-state index in [0.717, 1.165) is 11.7 Å². The highest BCUT2D eigenvalue weighted by atomic mass is 32.2. The first-order valence-electron chi connectivity index (χ1n) is 6.27. The summed E-state index contributed by atoms with van der Waals surface area (Å²) in [5.74, 6) is 0. The molecule has 0 aromatic carbocycles. The van der Waals surface area contributed by atoms with Crippen LogP contribution in [0.4, 0.5) is 0 Å². The number of ether oxygens (including phenoxy) is 1. The van der Waals surface area contributed by atoms with E-state index in [1.807, 2.05) is 18.9 Å². The van der Waals surface area contributed by atoms with Crippen molar-refractivity contribution in [1.82, 2.24) is 4.90 Å². The van der Waals surface area contributed by atoms with Gasteiger partial charge in [-0.05, 0) is 6.92 Å². The number of aliphatic hydroxyl groups excluding tert-OH is 3. The molecule has 1 fully saturated rings. The van der Waals surface area contributed by atoms with E-state index in [9.17, 15) is 15.3 Å². The zero-order valence-corrected chi connectivity index (χ0v) is 11.8. The summed E-state index contributed by atoms with van der Waals surface area (Å²) >= 11 is 1.40. The molecule has 7 heteroatoms. The van der Waals surface area contributed by atoms with Crippen LogP contribution in [0.3, 0.4) is 0 Å². The molecular formula is C12H20N2O4S. The summed E-state index contributed by atoms with van der Waals surface area (Å²) in [6.07, 6.45) is -2.82. The Kier molecular flexibility index (Phi) is 4.52. The maximum Gasteiger partial charge on any atom is 0.162 e. The van der Waals surface area contributed by atoms with Gasteiger partial charge in [0.1, 0.15) is 35.9 Å². The quantitative estimate of drug-likeness (QED) is 0.602. The maximum atomic E-state index is 10.1. The molecule has 3 N–H and O–H groups in total. The SMILES string of the molecule is C=C[C@H](O)C1O[C@@H]2SC(N(C)CC)=N[C@@H]2[C@@H](O)[C@@H]1O. The van der Waals surface area contributed by atoms with Crippen LogP contribution in [0.1, 0.15) is 6.92 Å². The summed E-state index contributed by atoms with van der Waals surface area (Å²) in [7, 11) is 1.90. The fourth-order valence-corrected chi connectivity index (χ4v) is 3.35. The largest absolute Gasteiger partial charge is 0.388 e. The fraction of sp³-hybridized carbons (Fsp3) is 0.750. The smallest absolute Gasteiger partial charge is 0.162 e. The van der Waals surface area contributed by atoms with Gasteiger partial charge in [0.2, 0.25) is 0 Å². The number of aliphatic hydroxyl groups is 3. The third kappa shape index (κ3) is 2.66. The maximum absolute atomic E-state index is 10.1. The monoisotopic (exact) mass is 288 g/mol. The van der Waals surface area contributed by atoms with Gasteiger partial charge in [-0.15, -0.1) is 6.58 Å². The van der Waals surface area contributed by atoms with E-state index in [1.165, 1.54) is 17.8 Å². The molecule has 2 heterocycles. The van der Waals surface area contributed by atoms with Crippen molar-refractivity contribution < 1.29 is 20.1 Å². The van der Waals surface area contributed by atoms with Crippen LogP contribution in [0, 0.1) is 0 Å². The van der Waals surface area contributed by atoms with Crippen molar-refractivity contribution in [3.8, 4) is 0 Å². The molecule has 2 aliphatic rings.